The number of rotatable bonds is 8. The summed E-state index contributed by atoms with van der Waals surface area (Å²) < 4.78 is 19.8. The highest BCUT2D eigenvalue weighted by Crippen LogP contribution is 2.31. The maximum Gasteiger partial charge on any atom is 0.338 e. The van der Waals surface area contributed by atoms with Gasteiger partial charge in [0.1, 0.15) is 12.7 Å². The third kappa shape index (κ3) is 5.27. The number of halogens is 1. The smallest absolute Gasteiger partial charge is 0.338 e. The van der Waals surface area contributed by atoms with E-state index in [1.807, 2.05) is 41.1 Å². The van der Waals surface area contributed by atoms with Gasteiger partial charge in [0.25, 0.3) is 0 Å². The van der Waals surface area contributed by atoms with E-state index < -0.39 is 5.79 Å². The Hall–Kier alpha value is -2.67. The molecular weight excluding hydrogens is 404 g/mol. The van der Waals surface area contributed by atoms with E-state index in [2.05, 4.69) is 4.98 Å². The molecule has 0 bridgehead atoms. The topological polar surface area (TPSA) is 62.6 Å². The van der Waals surface area contributed by atoms with Gasteiger partial charge in [-0.05, 0) is 36.2 Å². The van der Waals surface area contributed by atoms with Crippen molar-refractivity contribution in [3.63, 3.8) is 0 Å². The first-order chi connectivity index (χ1) is 14.6. The first-order valence-corrected chi connectivity index (χ1v) is 10.2. The van der Waals surface area contributed by atoms with Gasteiger partial charge in [0.2, 0.25) is 0 Å². The first-order valence-electron chi connectivity index (χ1n) is 9.86. The van der Waals surface area contributed by atoms with Crippen molar-refractivity contribution in [1.29, 1.82) is 0 Å². The molecule has 0 spiro atoms. The van der Waals surface area contributed by atoms with E-state index in [-0.39, 0.29) is 18.7 Å². The molecular formula is C23H23ClN2O4. The number of esters is 1. The van der Waals surface area contributed by atoms with Crippen LogP contribution in [-0.2, 0) is 27.2 Å². The Balaban J connectivity index is 1.39. The Morgan fingerprint density at radius 3 is 2.73 bits per heavy atom. The molecule has 7 heteroatoms. The van der Waals surface area contributed by atoms with Crippen molar-refractivity contribution in [2.24, 2.45) is 0 Å². The van der Waals surface area contributed by atoms with Crippen molar-refractivity contribution in [2.75, 3.05) is 13.2 Å². The van der Waals surface area contributed by atoms with Gasteiger partial charge in [0.15, 0.2) is 5.79 Å². The monoisotopic (exact) mass is 426 g/mol. The van der Waals surface area contributed by atoms with Crippen LogP contribution in [0, 0.1) is 0 Å². The number of ether oxygens (including phenoxy) is 3. The van der Waals surface area contributed by atoms with Crippen molar-refractivity contribution in [2.45, 2.75) is 31.3 Å². The fourth-order valence-electron chi connectivity index (χ4n) is 3.46. The lowest BCUT2D eigenvalue weighted by Crippen LogP contribution is -2.37. The van der Waals surface area contributed by atoms with Gasteiger partial charge in [-0.25, -0.2) is 9.78 Å². The van der Waals surface area contributed by atoms with Gasteiger partial charge >= 0.3 is 5.97 Å². The number of aromatic nitrogens is 2. The Morgan fingerprint density at radius 1 is 1.20 bits per heavy atom. The fraction of sp³-hybridized carbons (Fsp3) is 0.304. The molecule has 2 heterocycles. The number of hydrogen-bond acceptors (Lipinski definition) is 5. The number of aryl methyl sites for hydroxylation is 1. The van der Waals surface area contributed by atoms with E-state index in [4.69, 9.17) is 25.8 Å². The zero-order valence-corrected chi connectivity index (χ0v) is 17.2. The minimum atomic E-state index is -0.815. The summed E-state index contributed by atoms with van der Waals surface area (Å²) in [5.41, 5.74) is 1.67. The van der Waals surface area contributed by atoms with Crippen molar-refractivity contribution >= 4 is 17.6 Å². The maximum absolute atomic E-state index is 12.2. The molecule has 2 aromatic carbocycles. The third-order valence-corrected chi connectivity index (χ3v) is 5.27. The molecule has 0 radical (unpaired) electrons. The Bertz CT molecular complexity index is 947. The van der Waals surface area contributed by atoms with Gasteiger partial charge in [-0.2, -0.15) is 0 Å². The van der Waals surface area contributed by atoms with Crippen molar-refractivity contribution < 1.29 is 19.0 Å². The molecule has 30 heavy (non-hydrogen) atoms. The molecule has 2 atom stereocenters. The highest BCUT2D eigenvalue weighted by atomic mass is 35.5. The van der Waals surface area contributed by atoms with Gasteiger partial charge < -0.3 is 18.8 Å². The number of imidazole rings is 1. The van der Waals surface area contributed by atoms with Gasteiger partial charge in [-0.3, -0.25) is 0 Å². The van der Waals surface area contributed by atoms with E-state index in [0.29, 0.717) is 30.2 Å². The molecule has 0 N–H and O–H groups in total. The summed E-state index contributed by atoms with van der Waals surface area (Å²) in [6, 6.07) is 16.7. The van der Waals surface area contributed by atoms with Crippen LogP contribution in [-0.4, -0.2) is 40.6 Å². The third-order valence-electron chi connectivity index (χ3n) is 5.01. The fourth-order valence-corrected chi connectivity index (χ4v) is 3.59. The summed E-state index contributed by atoms with van der Waals surface area (Å²) in [6.45, 7) is 1.00. The highest BCUT2D eigenvalue weighted by Gasteiger charge is 2.42. The molecule has 1 saturated heterocycles. The highest BCUT2D eigenvalue weighted by molar-refractivity contribution is 6.30. The van der Waals surface area contributed by atoms with Gasteiger partial charge in [0, 0.05) is 23.8 Å². The zero-order valence-electron chi connectivity index (χ0n) is 16.4. The van der Waals surface area contributed by atoms with Crippen molar-refractivity contribution in [3.05, 3.63) is 89.5 Å². The molecule has 0 unspecified atom stereocenters. The molecule has 0 aliphatic carbocycles. The number of benzene rings is 2. The van der Waals surface area contributed by atoms with Crippen LogP contribution in [0.1, 0.15) is 22.3 Å². The molecule has 4 rings (SSSR count). The standard InChI is InChI=1S/C23H23ClN2O4/c24-20-8-6-18(7-9-20)10-11-23(16-26-13-12-25-17-26)29-15-21(30-23)14-28-22(27)19-4-2-1-3-5-19/h1-9,12-13,17,21H,10-11,14-16H2/t21-,23-/m0/s1. The Kier molecular flexibility index (Phi) is 6.47. The van der Waals surface area contributed by atoms with Gasteiger partial charge in [-0.15, -0.1) is 0 Å². The zero-order chi connectivity index (χ0) is 20.8. The van der Waals surface area contributed by atoms with Crippen LogP contribution in [0.3, 0.4) is 0 Å². The Morgan fingerprint density at radius 2 is 2.00 bits per heavy atom. The predicted octanol–water partition coefficient (Wildman–Crippen LogP) is 4.14. The molecule has 1 aromatic heterocycles. The van der Waals surface area contributed by atoms with E-state index in [9.17, 15) is 4.79 Å². The summed E-state index contributed by atoms with van der Waals surface area (Å²) in [6.07, 6.45) is 6.42. The van der Waals surface area contributed by atoms with Crippen LogP contribution in [0.2, 0.25) is 5.02 Å². The van der Waals surface area contributed by atoms with Crippen LogP contribution >= 0.6 is 11.6 Å². The second kappa shape index (κ2) is 9.43. The quantitative estimate of drug-likeness (QED) is 0.506. The molecule has 1 aliphatic rings. The van der Waals surface area contributed by atoms with Gasteiger partial charge in [-0.1, -0.05) is 41.9 Å². The first kappa shape index (κ1) is 20.6. The second-order valence-corrected chi connectivity index (χ2v) is 7.72. The van der Waals surface area contributed by atoms with Crippen LogP contribution in [0.15, 0.2) is 73.3 Å². The summed E-state index contributed by atoms with van der Waals surface area (Å²) in [4.78, 5) is 16.3. The van der Waals surface area contributed by atoms with Crippen molar-refractivity contribution in [3.8, 4) is 0 Å². The second-order valence-electron chi connectivity index (χ2n) is 7.29. The molecule has 3 aromatic rings. The van der Waals surface area contributed by atoms with E-state index in [1.165, 1.54) is 0 Å². The minimum Gasteiger partial charge on any atom is -0.459 e. The van der Waals surface area contributed by atoms with Crippen LogP contribution in [0.5, 0.6) is 0 Å². The van der Waals surface area contributed by atoms with E-state index in [1.54, 1.807) is 36.8 Å². The molecule has 1 aliphatic heterocycles. The molecule has 0 amide bonds. The Labute approximate surface area is 180 Å². The summed E-state index contributed by atoms with van der Waals surface area (Å²) in [5, 5.41) is 0.709. The number of hydrogen-bond donors (Lipinski definition) is 0. The van der Waals surface area contributed by atoms with Gasteiger partial charge in [0.05, 0.1) is 25.0 Å². The lowest BCUT2D eigenvalue weighted by atomic mass is 10.0. The number of carbonyl (C=O) groups excluding carboxylic acids is 1. The van der Waals surface area contributed by atoms with E-state index in [0.717, 1.165) is 12.0 Å². The normalized spacial score (nSPS) is 20.9. The SMILES string of the molecule is O=C(OC[C@H]1CO[C@](CCc2ccc(Cl)cc2)(Cn2ccnc2)O1)c1ccccc1. The molecule has 156 valence electrons. The molecule has 6 nitrogen and oxygen atoms in total. The predicted molar refractivity (Wildman–Crippen MR) is 112 cm³/mol. The summed E-state index contributed by atoms with van der Waals surface area (Å²) in [5.74, 6) is -1.18. The van der Waals surface area contributed by atoms with Crippen LogP contribution in [0.4, 0.5) is 0 Å². The summed E-state index contributed by atoms with van der Waals surface area (Å²) in [7, 11) is 0. The lowest BCUT2D eigenvalue weighted by molar-refractivity contribution is -0.185. The number of nitrogens with zero attached hydrogens (tertiary/aromatic N) is 2. The largest absolute Gasteiger partial charge is 0.459 e. The van der Waals surface area contributed by atoms with E-state index >= 15 is 0 Å². The number of carbonyl (C=O) groups is 1. The average Bonchev–Trinajstić information content (AvgIpc) is 3.43. The maximum atomic E-state index is 12.2. The average molecular weight is 427 g/mol. The van der Waals surface area contributed by atoms with Crippen molar-refractivity contribution in [1.82, 2.24) is 9.55 Å². The van der Waals surface area contributed by atoms with Crippen LogP contribution in [0.25, 0.3) is 0 Å². The molecule has 1 fully saturated rings. The summed E-state index contributed by atoms with van der Waals surface area (Å²) >= 11 is 5.98. The minimum absolute atomic E-state index is 0.139. The molecule has 0 saturated carbocycles. The lowest BCUT2D eigenvalue weighted by Gasteiger charge is -2.28. The van der Waals surface area contributed by atoms with Crippen LogP contribution < -0.4 is 0 Å².